The summed E-state index contributed by atoms with van der Waals surface area (Å²) in [4.78, 5) is 17.4. The zero-order valence-electron chi connectivity index (χ0n) is 15.2. The molecule has 3 heteroatoms. The van der Waals surface area contributed by atoms with Crippen LogP contribution in [0.4, 0.5) is 0 Å². The summed E-state index contributed by atoms with van der Waals surface area (Å²) in [6, 6.07) is 12.6. The molecule has 0 amide bonds. The molecule has 128 valence electrons. The molecule has 0 saturated heterocycles. The molecule has 1 fully saturated rings. The summed E-state index contributed by atoms with van der Waals surface area (Å²) in [6.07, 6.45) is 4.25. The first kappa shape index (κ1) is 16.1. The fourth-order valence-electron chi connectivity index (χ4n) is 3.78. The molecule has 0 unspecified atom stereocenters. The summed E-state index contributed by atoms with van der Waals surface area (Å²) in [5.74, 6) is 0.661. The molecule has 0 aliphatic heterocycles. The third kappa shape index (κ3) is 2.68. The summed E-state index contributed by atoms with van der Waals surface area (Å²) in [6.45, 7) is 6.31. The van der Waals surface area contributed by atoms with Crippen molar-refractivity contribution < 1.29 is 0 Å². The molecule has 4 rings (SSSR count). The van der Waals surface area contributed by atoms with Crippen molar-refractivity contribution in [2.24, 2.45) is 0 Å². The lowest BCUT2D eigenvalue weighted by Gasteiger charge is -2.17. The lowest BCUT2D eigenvalue weighted by atomic mass is 9.97. The molecule has 3 nitrogen and oxygen atoms in total. The first-order valence-electron chi connectivity index (χ1n) is 9.28. The highest BCUT2D eigenvalue weighted by molar-refractivity contribution is 5.87. The predicted molar refractivity (Wildman–Crippen MR) is 103 cm³/mol. The highest BCUT2D eigenvalue weighted by Gasteiger charge is 2.26. The Morgan fingerprint density at radius 3 is 2.52 bits per heavy atom. The molecule has 25 heavy (non-hydrogen) atoms. The van der Waals surface area contributed by atoms with E-state index in [0.717, 1.165) is 40.7 Å². The molecule has 1 aromatic heterocycles. The Balaban J connectivity index is 2.15. The highest BCUT2D eigenvalue weighted by Crippen LogP contribution is 2.42. The van der Waals surface area contributed by atoms with Gasteiger partial charge in [-0.2, -0.15) is 4.98 Å². The number of nitrogens with zero attached hydrogens (tertiary/aromatic N) is 2. The van der Waals surface area contributed by atoms with Gasteiger partial charge < -0.3 is 0 Å². The van der Waals surface area contributed by atoms with Crippen molar-refractivity contribution in [2.45, 2.75) is 52.4 Å². The van der Waals surface area contributed by atoms with Crippen molar-refractivity contribution in [1.29, 1.82) is 0 Å². The molecule has 0 radical (unpaired) electrons. The largest absolute Gasteiger partial charge is 0.352 e. The summed E-state index contributed by atoms with van der Waals surface area (Å²) >= 11 is 0. The Hall–Kier alpha value is -2.42. The molecule has 0 bridgehead atoms. The van der Waals surface area contributed by atoms with Crippen LogP contribution >= 0.6 is 0 Å². The number of hydrogen-bond donors (Lipinski definition) is 0. The van der Waals surface area contributed by atoms with Crippen molar-refractivity contribution in [2.75, 3.05) is 0 Å². The van der Waals surface area contributed by atoms with Crippen LogP contribution in [-0.2, 0) is 12.8 Å². The van der Waals surface area contributed by atoms with Crippen molar-refractivity contribution in [3.05, 3.63) is 69.3 Å². The smallest absolute Gasteiger partial charge is 0.260 e. The first-order valence-corrected chi connectivity index (χ1v) is 9.28. The Kier molecular flexibility index (Phi) is 3.95. The van der Waals surface area contributed by atoms with Crippen LogP contribution in [0.25, 0.3) is 16.6 Å². The lowest BCUT2D eigenvalue weighted by Crippen LogP contribution is -2.24. The fraction of sp³-hybridized carbons (Fsp3) is 0.364. The van der Waals surface area contributed by atoms with Gasteiger partial charge in [-0.05, 0) is 67.3 Å². The van der Waals surface area contributed by atoms with Crippen LogP contribution in [0.2, 0.25) is 0 Å². The van der Waals surface area contributed by atoms with E-state index in [9.17, 15) is 4.79 Å². The van der Waals surface area contributed by atoms with Gasteiger partial charge in [-0.1, -0.05) is 38.1 Å². The van der Waals surface area contributed by atoms with E-state index >= 15 is 0 Å². The van der Waals surface area contributed by atoms with Crippen LogP contribution in [0, 0.1) is 6.92 Å². The van der Waals surface area contributed by atoms with E-state index < -0.39 is 0 Å². The van der Waals surface area contributed by atoms with Crippen molar-refractivity contribution in [3.63, 3.8) is 0 Å². The van der Waals surface area contributed by atoms with E-state index in [2.05, 4.69) is 31.0 Å². The third-order valence-electron chi connectivity index (χ3n) is 5.29. The molecule has 1 heterocycles. The van der Waals surface area contributed by atoms with Gasteiger partial charge in [0, 0.05) is 5.39 Å². The average molecular weight is 332 g/mol. The first-order chi connectivity index (χ1) is 12.1. The number of para-hydroxylation sites is 1. The number of rotatable bonds is 4. The molecule has 1 aliphatic rings. The molecular formula is C22H24N2O. The van der Waals surface area contributed by atoms with Gasteiger partial charge in [0.2, 0.25) is 0 Å². The Bertz CT molecular complexity index is 1010. The second kappa shape index (κ2) is 6.14. The summed E-state index contributed by atoms with van der Waals surface area (Å²) < 4.78 is 1.81. The number of benzene rings is 2. The maximum absolute atomic E-state index is 12.9. The fourth-order valence-corrected chi connectivity index (χ4v) is 3.78. The Morgan fingerprint density at radius 1 is 1.12 bits per heavy atom. The van der Waals surface area contributed by atoms with Gasteiger partial charge in [0.05, 0.1) is 16.9 Å². The zero-order chi connectivity index (χ0) is 17.6. The minimum absolute atomic E-state index is 0.173. The monoisotopic (exact) mass is 332 g/mol. The highest BCUT2D eigenvalue weighted by atomic mass is 16.1. The van der Waals surface area contributed by atoms with E-state index in [0.29, 0.717) is 5.92 Å². The molecule has 3 aromatic rings. The summed E-state index contributed by atoms with van der Waals surface area (Å²) in [7, 11) is 0. The van der Waals surface area contributed by atoms with E-state index in [1.54, 1.807) is 0 Å². The zero-order valence-corrected chi connectivity index (χ0v) is 15.2. The lowest BCUT2D eigenvalue weighted by molar-refractivity contribution is 0.899. The molecule has 2 aromatic carbocycles. The van der Waals surface area contributed by atoms with Crippen LogP contribution in [0.3, 0.4) is 0 Å². The van der Waals surface area contributed by atoms with Crippen molar-refractivity contribution in [3.8, 4) is 5.69 Å². The van der Waals surface area contributed by atoms with Gasteiger partial charge in [-0.15, -0.1) is 0 Å². The van der Waals surface area contributed by atoms with Crippen molar-refractivity contribution >= 4 is 10.9 Å². The van der Waals surface area contributed by atoms with E-state index in [-0.39, 0.29) is 5.69 Å². The van der Waals surface area contributed by atoms with Crippen LogP contribution in [0.15, 0.2) is 41.2 Å². The Labute approximate surface area is 148 Å². The van der Waals surface area contributed by atoms with Gasteiger partial charge in [0.15, 0.2) is 0 Å². The summed E-state index contributed by atoms with van der Waals surface area (Å²) in [5, 5.41) is 1.16. The normalized spacial score (nSPS) is 14.2. The quantitative estimate of drug-likeness (QED) is 0.694. The van der Waals surface area contributed by atoms with E-state index in [1.807, 2.05) is 35.8 Å². The maximum Gasteiger partial charge on any atom is 0.352 e. The maximum atomic E-state index is 12.9. The van der Waals surface area contributed by atoms with Gasteiger partial charge in [0.1, 0.15) is 0 Å². The topological polar surface area (TPSA) is 34.9 Å². The van der Waals surface area contributed by atoms with E-state index in [1.165, 1.54) is 24.0 Å². The third-order valence-corrected chi connectivity index (χ3v) is 5.29. The van der Waals surface area contributed by atoms with Crippen LogP contribution in [0.5, 0.6) is 0 Å². The predicted octanol–water partition coefficient (Wildman–Crippen LogP) is 4.70. The van der Waals surface area contributed by atoms with Gasteiger partial charge in [-0.25, -0.2) is 4.79 Å². The minimum Gasteiger partial charge on any atom is -0.260 e. The van der Waals surface area contributed by atoms with Gasteiger partial charge in [-0.3, -0.25) is 4.57 Å². The molecule has 1 aliphatic carbocycles. The second-order valence-corrected chi connectivity index (χ2v) is 7.02. The molecule has 0 N–H and O–H groups in total. The molecule has 0 spiro atoms. The standard InChI is InChI=1S/C22H24N2O/c1-4-15-12-17(16-10-11-16)13-20-21(15)18(5-2)23-22(25)24(20)19-9-7-6-8-14(19)3/h6-9,12-13,16H,4-5,10-11H2,1-3H3. The van der Waals surface area contributed by atoms with Gasteiger partial charge in [0.25, 0.3) is 0 Å². The molecule has 0 atom stereocenters. The van der Waals surface area contributed by atoms with E-state index in [4.69, 9.17) is 0 Å². The Morgan fingerprint density at radius 2 is 1.88 bits per heavy atom. The number of aromatic nitrogens is 2. The number of hydrogen-bond acceptors (Lipinski definition) is 2. The SMILES string of the molecule is CCc1cc(C2CC2)cc2c1c(CC)nc(=O)n2-c1ccccc1C. The minimum atomic E-state index is -0.173. The molecule has 1 saturated carbocycles. The number of aryl methyl sites for hydroxylation is 3. The average Bonchev–Trinajstić information content (AvgIpc) is 3.46. The summed E-state index contributed by atoms with van der Waals surface area (Å²) in [5.41, 5.74) is 6.48. The van der Waals surface area contributed by atoms with Crippen LogP contribution < -0.4 is 5.69 Å². The van der Waals surface area contributed by atoms with Gasteiger partial charge >= 0.3 is 5.69 Å². The van der Waals surface area contributed by atoms with Crippen LogP contribution in [0.1, 0.15) is 55.0 Å². The van der Waals surface area contributed by atoms with Crippen molar-refractivity contribution in [1.82, 2.24) is 9.55 Å². The van der Waals surface area contributed by atoms with Crippen LogP contribution in [-0.4, -0.2) is 9.55 Å². The number of fused-ring (bicyclic) bond motifs is 1. The molecular weight excluding hydrogens is 308 g/mol. The second-order valence-electron chi connectivity index (χ2n) is 7.02.